The number of anilines is 1. The van der Waals surface area contributed by atoms with Crippen molar-refractivity contribution in [1.82, 2.24) is 0 Å². The highest BCUT2D eigenvalue weighted by Crippen LogP contribution is 2.24. The number of hydrogen-bond donors (Lipinski definition) is 3. The average molecular weight is 287 g/mol. The molecule has 1 rings (SSSR count). The van der Waals surface area contributed by atoms with Gasteiger partial charge in [-0.05, 0) is 18.6 Å². The molecule has 0 atom stereocenters. The fraction of sp³-hybridized carbons (Fsp3) is 0.364. The molecule has 0 saturated heterocycles. The quantitative estimate of drug-likeness (QED) is 0.299. The Labute approximate surface area is 112 Å². The molecule has 0 aliphatic rings. The van der Waals surface area contributed by atoms with Crippen molar-refractivity contribution in [2.24, 2.45) is 10.9 Å². The molecule has 0 spiro atoms. The lowest BCUT2D eigenvalue weighted by Crippen LogP contribution is -2.22. The van der Waals surface area contributed by atoms with Gasteiger partial charge in [-0.1, -0.05) is 24.2 Å². The van der Waals surface area contributed by atoms with Crippen LogP contribution in [0.1, 0.15) is 13.3 Å². The second kappa shape index (κ2) is 6.83. The standard InChI is InChI=1S/C11H17N3O4S/c1-2-7-19(16,17)14-9-5-3-4-6-10(9)18-8-11(12)13-15/h3-6,14-15H,2,7-8H2,1H3,(H2,12,13). The first-order chi connectivity index (χ1) is 8.98. The highest BCUT2D eigenvalue weighted by molar-refractivity contribution is 7.92. The first kappa shape index (κ1) is 15.1. The van der Waals surface area contributed by atoms with Gasteiger partial charge in [0.2, 0.25) is 10.0 Å². The van der Waals surface area contributed by atoms with Crippen LogP contribution in [-0.4, -0.2) is 31.8 Å². The molecule has 7 nitrogen and oxygen atoms in total. The molecular weight excluding hydrogens is 270 g/mol. The molecule has 1 aromatic rings. The Morgan fingerprint density at radius 3 is 2.79 bits per heavy atom. The van der Waals surface area contributed by atoms with E-state index in [4.69, 9.17) is 15.7 Å². The van der Waals surface area contributed by atoms with Gasteiger partial charge < -0.3 is 15.7 Å². The molecule has 8 heteroatoms. The topological polar surface area (TPSA) is 114 Å². The number of nitrogens with zero attached hydrogens (tertiary/aromatic N) is 1. The third kappa shape index (κ3) is 5.04. The lowest BCUT2D eigenvalue weighted by Gasteiger charge is -2.12. The molecule has 0 radical (unpaired) electrons. The monoisotopic (exact) mass is 287 g/mol. The summed E-state index contributed by atoms with van der Waals surface area (Å²) in [5.41, 5.74) is 5.60. The molecule has 0 heterocycles. The Balaban J connectivity index is 2.84. The summed E-state index contributed by atoms with van der Waals surface area (Å²) in [4.78, 5) is 0. The predicted octanol–water partition coefficient (Wildman–Crippen LogP) is 0.964. The van der Waals surface area contributed by atoms with E-state index in [1.165, 1.54) is 0 Å². The van der Waals surface area contributed by atoms with Crippen LogP contribution in [0.15, 0.2) is 29.4 Å². The second-order valence-electron chi connectivity index (χ2n) is 3.80. The number of ether oxygens (including phenoxy) is 1. The molecule has 0 aliphatic heterocycles. The molecular formula is C11H17N3O4S. The van der Waals surface area contributed by atoms with E-state index in [2.05, 4.69) is 9.88 Å². The van der Waals surface area contributed by atoms with Gasteiger partial charge in [-0.2, -0.15) is 0 Å². The summed E-state index contributed by atoms with van der Waals surface area (Å²) in [5, 5.41) is 11.2. The highest BCUT2D eigenvalue weighted by atomic mass is 32.2. The lowest BCUT2D eigenvalue weighted by atomic mass is 10.3. The summed E-state index contributed by atoms with van der Waals surface area (Å²) in [6.07, 6.45) is 0.516. The number of nitrogens with one attached hydrogen (secondary N) is 1. The number of benzene rings is 1. The third-order valence-electron chi connectivity index (χ3n) is 2.13. The molecule has 0 amide bonds. The second-order valence-corrected chi connectivity index (χ2v) is 5.64. The van der Waals surface area contributed by atoms with E-state index in [9.17, 15) is 8.42 Å². The van der Waals surface area contributed by atoms with Crippen LogP contribution >= 0.6 is 0 Å². The van der Waals surface area contributed by atoms with Gasteiger partial charge in [0.05, 0.1) is 11.4 Å². The first-order valence-corrected chi connectivity index (χ1v) is 7.32. The van der Waals surface area contributed by atoms with Gasteiger partial charge in [0.1, 0.15) is 12.4 Å². The van der Waals surface area contributed by atoms with Crippen molar-refractivity contribution in [3.63, 3.8) is 0 Å². The first-order valence-electron chi connectivity index (χ1n) is 5.67. The maximum absolute atomic E-state index is 11.7. The number of oxime groups is 1. The number of rotatable bonds is 7. The summed E-state index contributed by atoms with van der Waals surface area (Å²) in [5.74, 6) is 0.238. The molecule has 0 fully saturated rings. The molecule has 0 unspecified atom stereocenters. The van der Waals surface area contributed by atoms with Crippen LogP contribution in [0.25, 0.3) is 0 Å². The molecule has 0 aliphatic carbocycles. The minimum Gasteiger partial charge on any atom is -0.483 e. The van der Waals surface area contributed by atoms with Crippen LogP contribution in [0.5, 0.6) is 5.75 Å². The molecule has 1 aromatic carbocycles. The van der Waals surface area contributed by atoms with Crippen molar-refractivity contribution in [3.8, 4) is 5.75 Å². The molecule has 4 N–H and O–H groups in total. The van der Waals surface area contributed by atoms with Crippen molar-refractivity contribution in [3.05, 3.63) is 24.3 Å². The Morgan fingerprint density at radius 1 is 1.47 bits per heavy atom. The van der Waals surface area contributed by atoms with Crippen molar-refractivity contribution >= 4 is 21.5 Å². The normalized spacial score (nSPS) is 12.2. The SMILES string of the molecule is CCCS(=O)(=O)Nc1ccccc1OC/C(N)=N/O. The zero-order valence-electron chi connectivity index (χ0n) is 10.5. The molecule has 106 valence electrons. The van der Waals surface area contributed by atoms with Gasteiger partial charge in [0, 0.05) is 0 Å². The van der Waals surface area contributed by atoms with Gasteiger partial charge >= 0.3 is 0 Å². The summed E-state index contributed by atoms with van der Waals surface area (Å²) < 4.78 is 31.1. The van der Waals surface area contributed by atoms with E-state index in [-0.39, 0.29) is 18.2 Å². The summed E-state index contributed by atoms with van der Waals surface area (Å²) in [6.45, 7) is 1.64. The fourth-order valence-electron chi connectivity index (χ4n) is 1.34. The Kier molecular flexibility index (Phi) is 5.43. The van der Waals surface area contributed by atoms with Crippen molar-refractivity contribution < 1.29 is 18.4 Å². The van der Waals surface area contributed by atoms with Gasteiger partial charge in [0.15, 0.2) is 5.84 Å². The van der Waals surface area contributed by atoms with E-state index >= 15 is 0 Å². The van der Waals surface area contributed by atoms with Crippen molar-refractivity contribution in [2.45, 2.75) is 13.3 Å². The van der Waals surface area contributed by atoms with Gasteiger partial charge in [-0.25, -0.2) is 8.42 Å². The van der Waals surface area contributed by atoms with Crippen LogP contribution in [0.4, 0.5) is 5.69 Å². The molecule has 0 bridgehead atoms. The van der Waals surface area contributed by atoms with Crippen LogP contribution in [0, 0.1) is 0 Å². The summed E-state index contributed by atoms with van der Waals surface area (Å²) >= 11 is 0. The lowest BCUT2D eigenvalue weighted by molar-refractivity contribution is 0.306. The van der Waals surface area contributed by atoms with E-state index in [0.29, 0.717) is 17.9 Å². The Morgan fingerprint density at radius 2 is 2.16 bits per heavy atom. The Bertz CT molecular complexity index is 543. The third-order valence-corrected chi connectivity index (χ3v) is 3.61. The number of hydrogen-bond acceptors (Lipinski definition) is 5. The summed E-state index contributed by atoms with van der Waals surface area (Å²) in [7, 11) is -3.39. The molecule has 0 aromatic heterocycles. The van der Waals surface area contributed by atoms with Crippen LogP contribution in [-0.2, 0) is 10.0 Å². The largest absolute Gasteiger partial charge is 0.483 e. The average Bonchev–Trinajstić information content (AvgIpc) is 2.36. The fourth-order valence-corrected chi connectivity index (χ4v) is 2.49. The zero-order valence-corrected chi connectivity index (χ0v) is 11.4. The van der Waals surface area contributed by atoms with Gasteiger partial charge in [0.25, 0.3) is 0 Å². The van der Waals surface area contributed by atoms with E-state index in [1.807, 2.05) is 0 Å². The van der Waals surface area contributed by atoms with Gasteiger partial charge in [-0.3, -0.25) is 4.72 Å². The summed E-state index contributed by atoms with van der Waals surface area (Å²) in [6, 6.07) is 6.54. The van der Waals surface area contributed by atoms with E-state index in [1.54, 1.807) is 31.2 Å². The zero-order chi connectivity index (χ0) is 14.3. The van der Waals surface area contributed by atoms with Crippen molar-refractivity contribution in [2.75, 3.05) is 17.1 Å². The number of sulfonamides is 1. The molecule has 0 saturated carbocycles. The Hall–Kier alpha value is -1.96. The number of amidine groups is 1. The predicted molar refractivity (Wildman–Crippen MR) is 73.0 cm³/mol. The molecule has 19 heavy (non-hydrogen) atoms. The minimum atomic E-state index is -3.39. The van der Waals surface area contributed by atoms with E-state index in [0.717, 1.165) is 0 Å². The maximum atomic E-state index is 11.7. The number of para-hydroxylation sites is 2. The van der Waals surface area contributed by atoms with Crippen LogP contribution < -0.4 is 15.2 Å². The van der Waals surface area contributed by atoms with Crippen LogP contribution in [0.3, 0.4) is 0 Å². The highest BCUT2D eigenvalue weighted by Gasteiger charge is 2.12. The minimum absolute atomic E-state index is 0.0293. The number of nitrogens with two attached hydrogens (primary N) is 1. The van der Waals surface area contributed by atoms with E-state index < -0.39 is 10.0 Å². The smallest absolute Gasteiger partial charge is 0.232 e. The maximum Gasteiger partial charge on any atom is 0.232 e. The van der Waals surface area contributed by atoms with Crippen molar-refractivity contribution in [1.29, 1.82) is 0 Å². The van der Waals surface area contributed by atoms with Gasteiger partial charge in [-0.15, -0.1) is 0 Å². The van der Waals surface area contributed by atoms with Crippen LogP contribution in [0.2, 0.25) is 0 Å².